The monoisotopic (exact) mass is 324 g/mol. The fraction of sp³-hybridized carbons (Fsp3) is 0.333. The lowest BCUT2D eigenvalue weighted by Crippen LogP contribution is -2.00. The van der Waals surface area contributed by atoms with Crippen LogP contribution in [-0.4, -0.2) is 7.11 Å². The molecule has 2 aromatic rings. The average Bonchev–Trinajstić information content (AvgIpc) is 2.75. The molecule has 1 heterocycles. The van der Waals surface area contributed by atoms with Crippen LogP contribution < -0.4 is 4.74 Å². The van der Waals surface area contributed by atoms with Crippen molar-refractivity contribution in [3.8, 4) is 5.75 Å². The smallest absolute Gasteiger partial charge is 0.134 e. The van der Waals surface area contributed by atoms with Crippen molar-refractivity contribution >= 4 is 27.3 Å². The lowest BCUT2D eigenvalue weighted by Gasteiger charge is -2.17. The molecular formula is C15H17BrOS. The highest BCUT2D eigenvalue weighted by atomic mass is 79.9. The van der Waals surface area contributed by atoms with E-state index in [9.17, 15) is 0 Å². The highest BCUT2D eigenvalue weighted by Gasteiger charge is 2.20. The summed E-state index contributed by atoms with van der Waals surface area (Å²) >= 11 is 5.55. The van der Waals surface area contributed by atoms with Gasteiger partial charge in [0.25, 0.3) is 0 Å². The number of hydrogen-bond acceptors (Lipinski definition) is 2. The molecule has 2 rings (SSSR count). The van der Waals surface area contributed by atoms with Crippen LogP contribution in [0.1, 0.15) is 32.0 Å². The fourth-order valence-electron chi connectivity index (χ4n) is 2.38. The summed E-state index contributed by atoms with van der Waals surface area (Å²) in [5, 5.41) is 2.07. The number of aryl methyl sites for hydroxylation is 3. The van der Waals surface area contributed by atoms with Gasteiger partial charge >= 0.3 is 0 Å². The van der Waals surface area contributed by atoms with Crippen molar-refractivity contribution in [2.24, 2.45) is 0 Å². The minimum Gasteiger partial charge on any atom is -0.496 e. The van der Waals surface area contributed by atoms with Crippen LogP contribution in [0.15, 0.2) is 23.6 Å². The molecule has 0 aliphatic heterocycles. The van der Waals surface area contributed by atoms with E-state index in [1.54, 1.807) is 18.4 Å². The number of halogens is 1. The van der Waals surface area contributed by atoms with Crippen molar-refractivity contribution in [2.45, 2.75) is 25.6 Å². The zero-order valence-electron chi connectivity index (χ0n) is 11.1. The molecule has 0 fully saturated rings. The molecule has 1 nitrogen and oxygen atoms in total. The first kappa shape index (κ1) is 13.6. The highest BCUT2D eigenvalue weighted by molar-refractivity contribution is 9.09. The van der Waals surface area contributed by atoms with Gasteiger partial charge in [-0.2, -0.15) is 0 Å². The summed E-state index contributed by atoms with van der Waals surface area (Å²) in [6, 6.07) is 6.49. The Balaban J connectivity index is 2.49. The summed E-state index contributed by atoms with van der Waals surface area (Å²) in [6.07, 6.45) is 0. The van der Waals surface area contributed by atoms with E-state index in [1.807, 2.05) is 6.07 Å². The van der Waals surface area contributed by atoms with E-state index in [0.29, 0.717) is 0 Å². The van der Waals surface area contributed by atoms with Crippen LogP contribution in [0.5, 0.6) is 5.75 Å². The first-order valence-corrected chi connectivity index (χ1v) is 7.67. The summed E-state index contributed by atoms with van der Waals surface area (Å²) in [6.45, 7) is 6.48. The van der Waals surface area contributed by atoms with Gasteiger partial charge in [-0.3, -0.25) is 0 Å². The second-order valence-electron chi connectivity index (χ2n) is 4.53. The van der Waals surface area contributed by atoms with Crippen LogP contribution in [0.25, 0.3) is 0 Å². The Morgan fingerprint density at radius 3 is 2.33 bits per heavy atom. The van der Waals surface area contributed by atoms with E-state index < -0.39 is 0 Å². The SMILES string of the molecule is COc1ccsc1C(Br)c1c(C)cc(C)cc1C. The van der Waals surface area contributed by atoms with E-state index in [1.165, 1.54) is 27.1 Å². The molecule has 1 unspecified atom stereocenters. The largest absolute Gasteiger partial charge is 0.496 e. The van der Waals surface area contributed by atoms with Gasteiger partial charge in [0.2, 0.25) is 0 Å². The van der Waals surface area contributed by atoms with E-state index in [-0.39, 0.29) is 4.83 Å². The van der Waals surface area contributed by atoms with E-state index >= 15 is 0 Å². The van der Waals surface area contributed by atoms with Crippen LogP contribution in [0.2, 0.25) is 0 Å². The van der Waals surface area contributed by atoms with E-state index in [4.69, 9.17) is 4.74 Å². The first-order chi connectivity index (χ1) is 8.54. The second kappa shape index (κ2) is 5.45. The predicted octanol–water partition coefficient (Wildman–Crippen LogP) is 5.17. The molecule has 0 saturated carbocycles. The van der Waals surface area contributed by atoms with Gasteiger partial charge in [0.15, 0.2) is 0 Å². The number of alkyl halides is 1. The molecule has 1 atom stereocenters. The van der Waals surface area contributed by atoms with Gasteiger partial charge < -0.3 is 4.74 Å². The number of methoxy groups -OCH3 is 1. The standard InChI is InChI=1S/C15H17BrOS/c1-9-7-10(2)13(11(3)8-9)14(16)15-12(17-4)5-6-18-15/h5-8,14H,1-4H3. The number of hydrogen-bond donors (Lipinski definition) is 0. The molecule has 0 amide bonds. The van der Waals surface area contributed by atoms with Crippen LogP contribution in [0.3, 0.4) is 0 Å². The summed E-state index contributed by atoms with van der Waals surface area (Å²) in [4.78, 5) is 1.43. The Labute approximate surface area is 121 Å². The Morgan fingerprint density at radius 1 is 1.17 bits per heavy atom. The maximum Gasteiger partial charge on any atom is 0.134 e. The van der Waals surface area contributed by atoms with Crippen molar-refractivity contribution in [1.29, 1.82) is 0 Å². The molecule has 0 spiro atoms. The molecule has 0 saturated heterocycles. The summed E-state index contributed by atoms with van der Waals surface area (Å²) in [7, 11) is 1.72. The number of rotatable bonds is 3. The third kappa shape index (κ3) is 2.47. The molecule has 0 bridgehead atoms. The van der Waals surface area contributed by atoms with Crippen molar-refractivity contribution in [3.05, 3.63) is 50.7 Å². The maximum atomic E-state index is 5.41. The second-order valence-corrected chi connectivity index (χ2v) is 6.39. The zero-order valence-corrected chi connectivity index (χ0v) is 13.5. The number of thiophene rings is 1. The molecule has 1 aromatic heterocycles. The summed E-state index contributed by atoms with van der Waals surface area (Å²) in [5.74, 6) is 0.959. The van der Waals surface area contributed by atoms with Crippen molar-refractivity contribution in [2.75, 3.05) is 7.11 Å². The van der Waals surface area contributed by atoms with E-state index in [0.717, 1.165) is 5.75 Å². The fourth-order valence-corrected chi connectivity index (χ4v) is 4.50. The minimum atomic E-state index is 0.202. The van der Waals surface area contributed by atoms with Gasteiger partial charge in [-0.05, 0) is 48.9 Å². The Kier molecular flexibility index (Phi) is 4.13. The van der Waals surface area contributed by atoms with Crippen LogP contribution in [0, 0.1) is 20.8 Å². The highest BCUT2D eigenvalue weighted by Crippen LogP contribution is 2.42. The Bertz CT molecular complexity index is 536. The number of benzene rings is 1. The Morgan fingerprint density at radius 2 is 1.78 bits per heavy atom. The van der Waals surface area contributed by atoms with Gasteiger partial charge in [-0.25, -0.2) is 0 Å². The third-order valence-electron chi connectivity index (χ3n) is 3.10. The normalized spacial score (nSPS) is 12.5. The maximum absolute atomic E-state index is 5.41. The quantitative estimate of drug-likeness (QED) is 0.708. The first-order valence-electron chi connectivity index (χ1n) is 5.87. The number of ether oxygens (including phenoxy) is 1. The minimum absolute atomic E-state index is 0.202. The lowest BCUT2D eigenvalue weighted by molar-refractivity contribution is 0.413. The molecule has 1 aromatic carbocycles. The van der Waals surface area contributed by atoms with Gasteiger partial charge in [0, 0.05) is 0 Å². The van der Waals surface area contributed by atoms with Crippen LogP contribution >= 0.6 is 27.3 Å². The molecule has 0 aliphatic rings. The molecule has 96 valence electrons. The van der Waals surface area contributed by atoms with Crippen molar-refractivity contribution in [3.63, 3.8) is 0 Å². The van der Waals surface area contributed by atoms with Crippen LogP contribution in [-0.2, 0) is 0 Å². The van der Waals surface area contributed by atoms with Gasteiger partial charge in [0.1, 0.15) is 5.75 Å². The van der Waals surface area contributed by atoms with Gasteiger partial charge in [-0.15, -0.1) is 11.3 Å². The van der Waals surface area contributed by atoms with Gasteiger partial charge in [0.05, 0.1) is 16.8 Å². The van der Waals surface area contributed by atoms with Crippen LogP contribution in [0.4, 0.5) is 0 Å². The van der Waals surface area contributed by atoms with E-state index in [2.05, 4.69) is 54.2 Å². The molecule has 0 radical (unpaired) electrons. The molecule has 3 heteroatoms. The van der Waals surface area contributed by atoms with Gasteiger partial charge in [-0.1, -0.05) is 33.6 Å². The van der Waals surface area contributed by atoms with Crippen molar-refractivity contribution in [1.82, 2.24) is 0 Å². The summed E-state index contributed by atoms with van der Waals surface area (Å²) < 4.78 is 5.41. The molecule has 18 heavy (non-hydrogen) atoms. The molecular weight excluding hydrogens is 308 g/mol. The molecule has 0 N–H and O–H groups in total. The topological polar surface area (TPSA) is 9.23 Å². The van der Waals surface area contributed by atoms with Crippen molar-refractivity contribution < 1.29 is 4.74 Å². The predicted molar refractivity (Wildman–Crippen MR) is 82.3 cm³/mol. The lowest BCUT2D eigenvalue weighted by atomic mass is 9.96. The third-order valence-corrected chi connectivity index (χ3v) is 5.28. The molecule has 0 aliphatic carbocycles. The summed E-state index contributed by atoms with van der Waals surface area (Å²) in [5.41, 5.74) is 5.31. The zero-order chi connectivity index (χ0) is 13.3. The average molecular weight is 325 g/mol. The Hall–Kier alpha value is -0.800.